The van der Waals surface area contributed by atoms with Crippen LogP contribution in [0.5, 0.6) is 0 Å². The van der Waals surface area contributed by atoms with Crippen molar-refractivity contribution in [1.82, 2.24) is 20.3 Å². The number of fused-ring (bicyclic) bond motifs is 2. The summed E-state index contributed by atoms with van der Waals surface area (Å²) in [5.74, 6) is -0.142. The van der Waals surface area contributed by atoms with E-state index < -0.39 is 0 Å². The highest BCUT2D eigenvalue weighted by atomic mass is 16.1. The molecule has 0 fully saturated rings. The highest BCUT2D eigenvalue weighted by Crippen LogP contribution is 2.26. The molecule has 2 N–H and O–H groups in total. The molecule has 3 aromatic heterocycles. The molecule has 0 unspecified atom stereocenters. The van der Waals surface area contributed by atoms with Crippen molar-refractivity contribution >= 4 is 27.7 Å². The molecule has 0 saturated heterocycles. The van der Waals surface area contributed by atoms with E-state index in [1.807, 2.05) is 12.1 Å². The number of pyridine rings is 2. The molecule has 4 aromatic rings. The van der Waals surface area contributed by atoms with Crippen molar-refractivity contribution in [3.8, 4) is 0 Å². The van der Waals surface area contributed by atoms with Crippen LogP contribution in [-0.4, -0.2) is 27.4 Å². The summed E-state index contributed by atoms with van der Waals surface area (Å²) in [6.45, 7) is 6.88. The Balaban J connectivity index is 1.54. The van der Waals surface area contributed by atoms with E-state index in [-0.39, 0.29) is 5.91 Å². The van der Waals surface area contributed by atoms with Crippen molar-refractivity contribution in [2.24, 2.45) is 0 Å². The summed E-state index contributed by atoms with van der Waals surface area (Å²) in [6, 6.07) is 8.15. The summed E-state index contributed by atoms with van der Waals surface area (Å²) in [6.07, 6.45) is 5.76. The lowest BCUT2D eigenvalue weighted by molar-refractivity contribution is 0.0955. The van der Waals surface area contributed by atoms with Gasteiger partial charge in [0.05, 0.1) is 11.1 Å². The molecule has 0 saturated carbocycles. The van der Waals surface area contributed by atoms with E-state index >= 15 is 0 Å². The van der Waals surface area contributed by atoms with Gasteiger partial charge in [-0.05, 0) is 56.5 Å². The summed E-state index contributed by atoms with van der Waals surface area (Å²) in [4.78, 5) is 24.6. The van der Waals surface area contributed by atoms with Gasteiger partial charge in [0, 0.05) is 47.1 Å². The Morgan fingerprint density at radius 2 is 2.04 bits per heavy atom. The molecule has 1 aromatic carbocycles. The van der Waals surface area contributed by atoms with Gasteiger partial charge in [-0.1, -0.05) is 11.6 Å². The maximum atomic E-state index is 12.6. The zero-order valence-corrected chi connectivity index (χ0v) is 15.8. The Bertz CT molecular complexity index is 1150. The Kier molecular flexibility index (Phi) is 4.36. The minimum atomic E-state index is -0.142. The van der Waals surface area contributed by atoms with Gasteiger partial charge in [-0.25, -0.2) is 0 Å². The van der Waals surface area contributed by atoms with Gasteiger partial charge in [0.1, 0.15) is 0 Å². The van der Waals surface area contributed by atoms with E-state index in [2.05, 4.69) is 53.2 Å². The number of H-pyrrole nitrogens is 1. The molecule has 27 heavy (non-hydrogen) atoms. The highest BCUT2D eigenvalue weighted by Gasteiger charge is 2.13. The number of aromatic amines is 1. The van der Waals surface area contributed by atoms with Crippen molar-refractivity contribution in [1.29, 1.82) is 0 Å². The number of rotatable bonds is 4. The minimum absolute atomic E-state index is 0.142. The lowest BCUT2D eigenvalue weighted by Gasteiger charge is -2.08. The molecule has 0 spiro atoms. The Hall–Kier alpha value is -3.21. The first-order valence-electron chi connectivity index (χ1n) is 9.10. The summed E-state index contributed by atoms with van der Waals surface area (Å²) in [5, 5.41) is 5.13. The third-order valence-corrected chi connectivity index (χ3v) is 4.99. The molecule has 0 radical (unpaired) electrons. The highest BCUT2D eigenvalue weighted by molar-refractivity contribution is 6.04. The number of amides is 1. The van der Waals surface area contributed by atoms with Crippen LogP contribution in [0.4, 0.5) is 0 Å². The number of nitrogens with zero attached hydrogens (tertiary/aromatic N) is 2. The predicted molar refractivity (Wildman–Crippen MR) is 108 cm³/mol. The normalized spacial score (nSPS) is 11.2. The van der Waals surface area contributed by atoms with Gasteiger partial charge in [-0.15, -0.1) is 0 Å². The van der Waals surface area contributed by atoms with E-state index in [1.165, 1.54) is 27.6 Å². The Labute approximate surface area is 157 Å². The zero-order valence-electron chi connectivity index (χ0n) is 15.8. The minimum Gasteiger partial charge on any atom is -0.358 e. The van der Waals surface area contributed by atoms with Crippen LogP contribution >= 0.6 is 0 Å². The van der Waals surface area contributed by atoms with Crippen molar-refractivity contribution in [3.05, 3.63) is 70.8 Å². The van der Waals surface area contributed by atoms with Crippen LogP contribution in [0.1, 0.15) is 32.7 Å². The van der Waals surface area contributed by atoms with Crippen LogP contribution in [-0.2, 0) is 6.42 Å². The van der Waals surface area contributed by atoms with Crippen LogP contribution in [0.15, 0.2) is 42.9 Å². The standard InChI is InChI=1S/C22H22N4O/c1-13-9-14(2)20-18(10-13)17(15(3)26-20)6-8-25-22(27)19-12-23-11-16-5-4-7-24-21(16)19/h4-5,7,9-12,26H,6,8H2,1-3H3,(H,25,27). The van der Waals surface area contributed by atoms with Crippen molar-refractivity contribution in [2.75, 3.05) is 6.54 Å². The maximum Gasteiger partial charge on any atom is 0.255 e. The van der Waals surface area contributed by atoms with Crippen molar-refractivity contribution in [2.45, 2.75) is 27.2 Å². The number of carbonyl (C=O) groups excluding carboxylic acids is 1. The number of hydrogen-bond donors (Lipinski definition) is 2. The second-order valence-corrected chi connectivity index (χ2v) is 7.00. The molecule has 3 heterocycles. The molecule has 5 heteroatoms. The van der Waals surface area contributed by atoms with Crippen LogP contribution in [0.2, 0.25) is 0 Å². The van der Waals surface area contributed by atoms with Crippen LogP contribution < -0.4 is 5.32 Å². The quantitative estimate of drug-likeness (QED) is 0.579. The summed E-state index contributed by atoms with van der Waals surface area (Å²) in [7, 11) is 0. The fourth-order valence-corrected chi connectivity index (χ4v) is 3.72. The molecule has 0 bridgehead atoms. The molecule has 5 nitrogen and oxygen atoms in total. The number of benzene rings is 1. The molecule has 4 rings (SSSR count). The fourth-order valence-electron chi connectivity index (χ4n) is 3.72. The predicted octanol–water partition coefficient (Wildman–Crippen LogP) is 4.01. The smallest absolute Gasteiger partial charge is 0.255 e. The SMILES string of the molecule is Cc1cc(C)c2[nH]c(C)c(CCNC(=O)c3cncc4cccnc34)c2c1. The fraction of sp³-hybridized carbons (Fsp3) is 0.227. The van der Waals surface area contributed by atoms with Gasteiger partial charge >= 0.3 is 0 Å². The van der Waals surface area contributed by atoms with Gasteiger partial charge < -0.3 is 10.3 Å². The van der Waals surface area contributed by atoms with E-state index in [0.717, 1.165) is 17.5 Å². The van der Waals surface area contributed by atoms with Gasteiger partial charge in [-0.3, -0.25) is 14.8 Å². The summed E-state index contributed by atoms with van der Waals surface area (Å²) >= 11 is 0. The second kappa shape index (κ2) is 6.83. The maximum absolute atomic E-state index is 12.6. The number of aromatic nitrogens is 3. The first kappa shape index (κ1) is 17.2. The van der Waals surface area contributed by atoms with E-state index in [9.17, 15) is 4.79 Å². The average Bonchev–Trinajstić information content (AvgIpc) is 2.97. The molecular weight excluding hydrogens is 336 g/mol. The largest absolute Gasteiger partial charge is 0.358 e. The van der Waals surface area contributed by atoms with Gasteiger partial charge in [-0.2, -0.15) is 0 Å². The number of carbonyl (C=O) groups is 1. The van der Waals surface area contributed by atoms with Crippen LogP contribution in [0.3, 0.4) is 0 Å². The molecule has 0 aliphatic rings. The number of aryl methyl sites for hydroxylation is 3. The summed E-state index contributed by atoms with van der Waals surface area (Å²) in [5.41, 5.74) is 7.28. The lowest BCUT2D eigenvalue weighted by atomic mass is 10.0. The monoisotopic (exact) mass is 358 g/mol. The number of hydrogen-bond acceptors (Lipinski definition) is 3. The van der Waals surface area contributed by atoms with Crippen molar-refractivity contribution < 1.29 is 4.79 Å². The molecule has 0 atom stereocenters. The van der Waals surface area contributed by atoms with Crippen LogP contribution in [0.25, 0.3) is 21.8 Å². The van der Waals surface area contributed by atoms with Gasteiger partial charge in [0.25, 0.3) is 5.91 Å². The first-order valence-corrected chi connectivity index (χ1v) is 9.10. The van der Waals surface area contributed by atoms with E-state index in [4.69, 9.17) is 0 Å². The summed E-state index contributed by atoms with van der Waals surface area (Å²) < 4.78 is 0. The first-order chi connectivity index (χ1) is 13.0. The van der Waals surface area contributed by atoms with Gasteiger partial charge in [0.15, 0.2) is 0 Å². The topological polar surface area (TPSA) is 70.7 Å². The van der Waals surface area contributed by atoms with Gasteiger partial charge in [0.2, 0.25) is 0 Å². The Morgan fingerprint density at radius 3 is 2.89 bits per heavy atom. The Morgan fingerprint density at radius 1 is 1.19 bits per heavy atom. The molecular formula is C22H22N4O. The third kappa shape index (κ3) is 3.16. The van der Waals surface area contributed by atoms with Crippen LogP contribution in [0, 0.1) is 20.8 Å². The zero-order chi connectivity index (χ0) is 19.0. The van der Waals surface area contributed by atoms with E-state index in [1.54, 1.807) is 18.6 Å². The second-order valence-electron chi connectivity index (χ2n) is 7.00. The molecule has 136 valence electrons. The average molecular weight is 358 g/mol. The molecule has 0 aliphatic carbocycles. The number of nitrogens with one attached hydrogen (secondary N) is 2. The lowest BCUT2D eigenvalue weighted by Crippen LogP contribution is -2.26. The molecule has 0 aliphatic heterocycles. The molecule has 1 amide bonds. The van der Waals surface area contributed by atoms with E-state index in [0.29, 0.717) is 17.6 Å². The van der Waals surface area contributed by atoms with Crippen molar-refractivity contribution in [3.63, 3.8) is 0 Å². The third-order valence-electron chi connectivity index (χ3n) is 4.99.